The number of sulfonamides is 1. The van der Waals surface area contributed by atoms with Gasteiger partial charge in [-0.1, -0.05) is 0 Å². The number of nitrogens with one attached hydrogen (secondary N) is 1. The van der Waals surface area contributed by atoms with Crippen LogP contribution in [0.15, 0.2) is 17.0 Å². The third kappa shape index (κ3) is 3.46. The zero-order chi connectivity index (χ0) is 14.8. The second kappa shape index (κ2) is 5.59. The fourth-order valence-corrected chi connectivity index (χ4v) is 2.45. The Balaban J connectivity index is 3.29. The normalized spacial score (nSPS) is 13.3. The molecule has 3 N–H and O–H groups in total. The summed E-state index contributed by atoms with van der Waals surface area (Å²) in [6.07, 6.45) is -1.02. The molecule has 0 aliphatic heterocycles. The fraction of sp³-hybridized carbons (Fsp3) is 0.300. The van der Waals surface area contributed by atoms with Gasteiger partial charge in [0, 0.05) is 6.54 Å². The van der Waals surface area contributed by atoms with Crippen LogP contribution in [0.3, 0.4) is 0 Å². The third-order valence-corrected chi connectivity index (χ3v) is 3.57. The first-order chi connectivity index (χ1) is 8.66. The number of carboxylic acids is 1. The van der Waals surface area contributed by atoms with E-state index in [4.69, 9.17) is 10.2 Å². The Hall–Kier alpha value is -1.58. The minimum atomic E-state index is -4.37. The van der Waals surface area contributed by atoms with Crippen LogP contribution in [0.2, 0.25) is 0 Å². The molecule has 0 aliphatic carbocycles. The highest BCUT2D eigenvalue weighted by Gasteiger charge is 2.26. The van der Waals surface area contributed by atoms with E-state index in [2.05, 4.69) is 0 Å². The van der Waals surface area contributed by atoms with Gasteiger partial charge in [-0.15, -0.1) is 0 Å². The first kappa shape index (κ1) is 15.5. The highest BCUT2D eigenvalue weighted by atomic mass is 32.2. The largest absolute Gasteiger partial charge is 0.477 e. The maximum absolute atomic E-state index is 13.7. The molecule has 0 unspecified atom stereocenters. The van der Waals surface area contributed by atoms with Gasteiger partial charge in [0.25, 0.3) is 0 Å². The van der Waals surface area contributed by atoms with Crippen LogP contribution in [0.25, 0.3) is 0 Å². The van der Waals surface area contributed by atoms with Crippen molar-refractivity contribution < 1.29 is 32.2 Å². The molecule has 0 radical (unpaired) electrons. The molecule has 9 heteroatoms. The van der Waals surface area contributed by atoms with Crippen molar-refractivity contribution in [3.8, 4) is 0 Å². The summed E-state index contributed by atoms with van der Waals surface area (Å²) in [6.45, 7) is 0.910. The molecule has 6 nitrogen and oxygen atoms in total. The second-order valence-corrected chi connectivity index (χ2v) is 5.48. The Kier molecular flexibility index (Phi) is 4.56. The van der Waals surface area contributed by atoms with Crippen LogP contribution in [-0.2, 0) is 10.0 Å². The molecule has 0 heterocycles. The summed E-state index contributed by atoms with van der Waals surface area (Å²) in [5.74, 6) is -4.98. The minimum absolute atomic E-state index is 0.387. The fourth-order valence-electron chi connectivity index (χ4n) is 1.25. The average Bonchev–Trinajstić information content (AvgIpc) is 2.25. The molecule has 0 aromatic heterocycles. The summed E-state index contributed by atoms with van der Waals surface area (Å²) in [6, 6.07) is 1.16. The Bertz CT molecular complexity index is 600. The van der Waals surface area contributed by atoms with E-state index in [0.29, 0.717) is 12.1 Å². The highest BCUT2D eigenvalue weighted by Crippen LogP contribution is 2.21. The summed E-state index contributed by atoms with van der Waals surface area (Å²) >= 11 is 0. The van der Waals surface area contributed by atoms with Crippen molar-refractivity contribution in [2.24, 2.45) is 0 Å². The van der Waals surface area contributed by atoms with Gasteiger partial charge in [-0.2, -0.15) is 0 Å². The second-order valence-electron chi connectivity index (χ2n) is 3.74. The molecule has 0 saturated heterocycles. The number of hydrogen-bond donors (Lipinski definition) is 3. The number of benzene rings is 1. The van der Waals surface area contributed by atoms with Gasteiger partial charge < -0.3 is 10.2 Å². The van der Waals surface area contributed by atoms with Crippen molar-refractivity contribution in [2.75, 3.05) is 6.54 Å². The zero-order valence-corrected chi connectivity index (χ0v) is 10.5. The van der Waals surface area contributed by atoms with Gasteiger partial charge in [0.15, 0.2) is 5.82 Å². The lowest BCUT2D eigenvalue weighted by Crippen LogP contribution is -2.31. The van der Waals surface area contributed by atoms with Gasteiger partial charge in [-0.25, -0.2) is 26.7 Å². The van der Waals surface area contributed by atoms with Gasteiger partial charge in [0.05, 0.1) is 6.10 Å². The van der Waals surface area contributed by atoms with Crippen LogP contribution in [-0.4, -0.2) is 37.2 Å². The lowest BCUT2D eigenvalue weighted by atomic mass is 10.2. The number of aliphatic hydroxyl groups is 1. The Morgan fingerprint density at radius 2 is 2.00 bits per heavy atom. The number of carboxylic acid groups (broad SMARTS) is 1. The Labute approximate surface area is 107 Å². The predicted molar refractivity (Wildman–Crippen MR) is 60.2 cm³/mol. The van der Waals surface area contributed by atoms with Crippen LogP contribution in [0.5, 0.6) is 0 Å². The van der Waals surface area contributed by atoms with Crippen molar-refractivity contribution >= 4 is 16.0 Å². The maximum atomic E-state index is 13.7. The van der Waals surface area contributed by atoms with Gasteiger partial charge in [-0.05, 0) is 19.1 Å². The summed E-state index contributed by atoms with van der Waals surface area (Å²) in [5.41, 5.74) is -1.35. The Morgan fingerprint density at radius 1 is 1.42 bits per heavy atom. The van der Waals surface area contributed by atoms with Crippen molar-refractivity contribution in [2.45, 2.75) is 17.9 Å². The number of aliphatic hydroxyl groups excluding tert-OH is 1. The number of aromatic carboxylic acids is 1. The van der Waals surface area contributed by atoms with E-state index in [0.717, 1.165) is 0 Å². The van der Waals surface area contributed by atoms with Crippen molar-refractivity contribution in [3.05, 3.63) is 29.3 Å². The lowest BCUT2D eigenvalue weighted by molar-refractivity contribution is 0.0685. The van der Waals surface area contributed by atoms with Crippen molar-refractivity contribution in [1.29, 1.82) is 0 Å². The van der Waals surface area contributed by atoms with Gasteiger partial charge in [0.1, 0.15) is 16.3 Å². The highest BCUT2D eigenvalue weighted by molar-refractivity contribution is 7.89. The number of carbonyl (C=O) groups is 1. The summed E-state index contributed by atoms with van der Waals surface area (Å²) in [4.78, 5) is 9.66. The van der Waals surface area contributed by atoms with Gasteiger partial charge >= 0.3 is 5.97 Å². The molecule has 0 amide bonds. The van der Waals surface area contributed by atoms with Crippen molar-refractivity contribution in [3.63, 3.8) is 0 Å². The molecule has 0 spiro atoms. The lowest BCUT2D eigenvalue weighted by Gasteiger charge is -2.10. The van der Waals surface area contributed by atoms with Crippen LogP contribution in [0.1, 0.15) is 17.3 Å². The van der Waals surface area contributed by atoms with E-state index in [9.17, 15) is 22.0 Å². The molecule has 0 aliphatic rings. The van der Waals surface area contributed by atoms with E-state index in [-0.39, 0.29) is 6.54 Å². The van der Waals surface area contributed by atoms with Gasteiger partial charge in [0.2, 0.25) is 10.0 Å². The Morgan fingerprint density at radius 3 is 2.47 bits per heavy atom. The number of rotatable bonds is 5. The number of halogens is 2. The standard InChI is InChI=1S/C10H11F2NO5S/c1-5(14)4-13-19(17,18)7-3-2-6(11)8(9(7)12)10(15)16/h2-3,5,13-14H,4H2,1H3,(H,15,16)/t5-/m1/s1. The first-order valence-corrected chi connectivity index (χ1v) is 6.54. The molecule has 0 saturated carbocycles. The van der Waals surface area contributed by atoms with E-state index >= 15 is 0 Å². The predicted octanol–water partition coefficient (Wildman–Crippen LogP) is 0.322. The average molecular weight is 295 g/mol. The molecule has 1 aromatic carbocycles. The summed E-state index contributed by atoms with van der Waals surface area (Å²) in [5, 5.41) is 17.6. The van der Waals surface area contributed by atoms with E-state index < -0.39 is 44.2 Å². The monoisotopic (exact) mass is 295 g/mol. The van der Waals surface area contributed by atoms with Crippen LogP contribution >= 0.6 is 0 Å². The van der Waals surface area contributed by atoms with Crippen LogP contribution < -0.4 is 4.72 Å². The number of hydrogen-bond acceptors (Lipinski definition) is 4. The molecule has 106 valence electrons. The smallest absolute Gasteiger partial charge is 0.341 e. The van der Waals surface area contributed by atoms with E-state index in [1.165, 1.54) is 6.92 Å². The maximum Gasteiger partial charge on any atom is 0.341 e. The zero-order valence-electron chi connectivity index (χ0n) is 9.72. The molecular weight excluding hydrogens is 284 g/mol. The molecular formula is C10H11F2NO5S. The molecule has 19 heavy (non-hydrogen) atoms. The molecule has 0 fully saturated rings. The van der Waals surface area contributed by atoms with Crippen LogP contribution in [0, 0.1) is 11.6 Å². The molecule has 1 atom stereocenters. The summed E-state index contributed by atoms with van der Waals surface area (Å²) in [7, 11) is -4.37. The molecule has 0 bridgehead atoms. The third-order valence-electron chi connectivity index (χ3n) is 2.13. The van der Waals surface area contributed by atoms with E-state index in [1.54, 1.807) is 0 Å². The summed E-state index contributed by atoms with van der Waals surface area (Å²) < 4.78 is 52.0. The first-order valence-electron chi connectivity index (χ1n) is 5.06. The molecule has 1 rings (SSSR count). The van der Waals surface area contributed by atoms with E-state index in [1.807, 2.05) is 4.72 Å². The minimum Gasteiger partial charge on any atom is -0.477 e. The van der Waals surface area contributed by atoms with Crippen LogP contribution in [0.4, 0.5) is 8.78 Å². The SMILES string of the molecule is C[C@@H](O)CNS(=O)(=O)c1ccc(F)c(C(=O)O)c1F. The topological polar surface area (TPSA) is 104 Å². The quantitative estimate of drug-likeness (QED) is 0.726. The molecule has 1 aromatic rings. The van der Waals surface area contributed by atoms with Gasteiger partial charge in [-0.3, -0.25) is 0 Å². The van der Waals surface area contributed by atoms with Crippen molar-refractivity contribution in [1.82, 2.24) is 4.72 Å².